The fourth-order valence-corrected chi connectivity index (χ4v) is 1.75. The number of nitrogens with zero attached hydrogens (tertiary/aromatic N) is 2. The Morgan fingerprint density at radius 3 is 2.93 bits per heavy atom. The van der Waals surface area contributed by atoms with E-state index in [0.29, 0.717) is 16.5 Å². The summed E-state index contributed by atoms with van der Waals surface area (Å²) in [6.45, 7) is 4.19. The van der Waals surface area contributed by atoms with Crippen LogP contribution in [0.3, 0.4) is 0 Å². The van der Waals surface area contributed by atoms with Crippen molar-refractivity contribution in [3.63, 3.8) is 0 Å². The number of pyridine rings is 1. The van der Waals surface area contributed by atoms with Crippen molar-refractivity contribution in [3.05, 3.63) is 17.0 Å². The first-order chi connectivity index (χ1) is 6.59. The molecule has 0 radical (unpaired) electrons. The zero-order chi connectivity index (χ0) is 10.3. The molecule has 0 unspecified atom stereocenters. The molecule has 0 aliphatic rings. The summed E-state index contributed by atoms with van der Waals surface area (Å²) >= 11 is 5.13. The quantitative estimate of drug-likeness (QED) is 0.707. The van der Waals surface area contributed by atoms with Gasteiger partial charge >= 0.3 is 0 Å². The van der Waals surface area contributed by atoms with Gasteiger partial charge in [-0.05, 0) is 13.8 Å². The molecule has 5 heteroatoms. The minimum atomic E-state index is 0.358. The van der Waals surface area contributed by atoms with Gasteiger partial charge in [-0.15, -0.1) is 0 Å². The number of aromatic amines is 1. The van der Waals surface area contributed by atoms with E-state index in [4.69, 9.17) is 18.0 Å². The van der Waals surface area contributed by atoms with Gasteiger partial charge in [0.05, 0.1) is 11.8 Å². The third kappa shape index (κ3) is 1.29. The molecule has 14 heavy (non-hydrogen) atoms. The lowest BCUT2D eigenvalue weighted by Crippen LogP contribution is -1.99. The Balaban J connectivity index is 2.85. The molecule has 2 aromatic heterocycles. The topological polar surface area (TPSA) is 59.6 Å². The second kappa shape index (κ2) is 3.09. The maximum atomic E-state index is 5.69. The number of hydrogen-bond acceptors (Lipinski definition) is 3. The highest BCUT2D eigenvalue weighted by Crippen LogP contribution is 2.19. The molecule has 0 spiro atoms. The molecule has 0 saturated carbocycles. The van der Waals surface area contributed by atoms with Crippen LogP contribution in [0.15, 0.2) is 12.4 Å². The number of rotatable bonds is 1. The van der Waals surface area contributed by atoms with Crippen molar-refractivity contribution in [2.75, 3.05) is 5.73 Å². The highest BCUT2D eigenvalue weighted by atomic mass is 32.1. The zero-order valence-electron chi connectivity index (χ0n) is 8.11. The number of nitrogens with two attached hydrogens (primary N) is 1. The highest BCUT2D eigenvalue weighted by Gasteiger charge is 2.07. The van der Waals surface area contributed by atoms with Gasteiger partial charge in [0.25, 0.3) is 0 Å². The molecule has 0 amide bonds. The molecule has 4 nitrogen and oxygen atoms in total. The summed E-state index contributed by atoms with van der Waals surface area (Å²) in [7, 11) is 0. The van der Waals surface area contributed by atoms with Crippen LogP contribution in [0.5, 0.6) is 0 Å². The second-order valence-corrected chi connectivity index (χ2v) is 3.94. The average molecular weight is 208 g/mol. The van der Waals surface area contributed by atoms with Gasteiger partial charge in [0, 0.05) is 12.1 Å². The standard InChI is InChI=1S/C9H12N4S/c1-5(2)13-4-11-8-6(13)3-7(10)12-9(8)14/h3-5H,1-2H3,(H3,10,12,14). The minimum Gasteiger partial charge on any atom is -0.385 e. The van der Waals surface area contributed by atoms with Crippen molar-refractivity contribution in [2.45, 2.75) is 19.9 Å². The molecule has 0 atom stereocenters. The Hall–Kier alpha value is -1.36. The van der Waals surface area contributed by atoms with Gasteiger partial charge in [0.15, 0.2) is 0 Å². The van der Waals surface area contributed by atoms with E-state index in [1.807, 2.05) is 6.07 Å². The Kier molecular flexibility index (Phi) is 2.03. The van der Waals surface area contributed by atoms with Crippen molar-refractivity contribution in [1.29, 1.82) is 0 Å². The van der Waals surface area contributed by atoms with Crippen molar-refractivity contribution < 1.29 is 0 Å². The van der Waals surface area contributed by atoms with Crippen molar-refractivity contribution in [2.24, 2.45) is 0 Å². The first-order valence-corrected chi connectivity index (χ1v) is 4.85. The zero-order valence-corrected chi connectivity index (χ0v) is 8.93. The third-order valence-electron chi connectivity index (χ3n) is 2.15. The normalized spacial score (nSPS) is 11.4. The first-order valence-electron chi connectivity index (χ1n) is 4.45. The average Bonchev–Trinajstić information content (AvgIpc) is 2.47. The van der Waals surface area contributed by atoms with Crippen LogP contribution >= 0.6 is 12.2 Å². The van der Waals surface area contributed by atoms with Gasteiger partial charge in [-0.1, -0.05) is 12.2 Å². The molecule has 0 bridgehead atoms. The van der Waals surface area contributed by atoms with Crippen LogP contribution < -0.4 is 5.73 Å². The lowest BCUT2D eigenvalue weighted by atomic mass is 10.3. The highest BCUT2D eigenvalue weighted by molar-refractivity contribution is 7.71. The van der Waals surface area contributed by atoms with Crippen LogP contribution in [0.25, 0.3) is 11.0 Å². The van der Waals surface area contributed by atoms with Gasteiger partial charge in [0.1, 0.15) is 16.0 Å². The molecule has 0 saturated heterocycles. The van der Waals surface area contributed by atoms with Crippen LogP contribution in [0, 0.1) is 4.64 Å². The molecule has 0 aliphatic carbocycles. The number of anilines is 1. The SMILES string of the molecule is CC(C)n1cnc2c(=S)[nH]c(N)cc21. The van der Waals surface area contributed by atoms with E-state index in [9.17, 15) is 0 Å². The van der Waals surface area contributed by atoms with Gasteiger partial charge in [-0.25, -0.2) is 4.98 Å². The van der Waals surface area contributed by atoms with E-state index < -0.39 is 0 Å². The molecule has 0 aliphatic heterocycles. The van der Waals surface area contributed by atoms with Gasteiger partial charge in [-0.2, -0.15) is 0 Å². The predicted octanol–water partition coefficient (Wildman–Crippen LogP) is 2.26. The number of H-pyrrole nitrogens is 1. The Morgan fingerprint density at radius 2 is 2.29 bits per heavy atom. The summed E-state index contributed by atoms with van der Waals surface area (Å²) in [5.41, 5.74) is 7.49. The summed E-state index contributed by atoms with van der Waals surface area (Å²) in [6.07, 6.45) is 1.79. The molecule has 3 N–H and O–H groups in total. The Morgan fingerprint density at radius 1 is 1.57 bits per heavy atom. The van der Waals surface area contributed by atoms with Gasteiger partial charge in [-0.3, -0.25) is 0 Å². The Labute approximate surface area is 86.8 Å². The smallest absolute Gasteiger partial charge is 0.133 e. The minimum absolute atomic E-state index is 0.358. The number of nitrogens with one attached hydrogen (secondary N) is 1. The lowest BCUT2D eigenvalue weighted by Gasteiger charge is -2.07. The maximum absolute atomic E-state index is 5.69. The largest absolute Gasteiger partial charge is 0.385 e. The number of fused-ring (bicyclic) bond motifs is 1. The van der Waals surface area contributed by atoms with E-state index in [0.717, 1.165) is 11.0 Å². The molecule has 2 aromatic rings. The van der Waals surface area contributed by atoms with E-state index in [1.54, 1.807) is 6.33 Å². The fraction of sp³-hybridized carbons (Fsp3) is 0.333. The van der Waals surface area contributed by atoms with Crippen LogP contribution in [0.2, 0.25) is 0 Å². The molecule has 74 valence electrons. The van der Waals surface area contributed by atoms with Crippen LogP contribution in [0.1, 0.15) is 19.9 Å². The summed E-state index contributed by atoms with van der Waals surface area (Å²) in [6, 6.07) is 2.22. The molecule has 0 aromatic carbocycles. The molecule has 2 heterocycles. The summed E-state index contributed by atoms with van der Waals surface area (Å²) in [5, 5.41) is 0. The van der Waals surface area contributed by atoms with Gasteiger partial charge in [0.2, 0.25) is 0 Å². The van der Waals surface area contributed by atoms with Crippen molar-refractivity contribution >= 4 is 29.1 Å². The first kappa shape index (κ1) is 9.21. The molecular weight excluding hydrogens is 196 g/mol. The maximum Gasteiger partial charge on any atom is 0.133 e. The van der Waals surface area contributed by atoms with Crippen LogP contribution in [-0.2, 0) is 0 Å². The molecule has 0 fully saturated rings. The summed E-state index contributed by atoms with van der Waals surface area (Å²) < 4.78 is 2.65. The van der Waals surface area contributed by atoms with Gasteiger partial charge < -0.3 is 15.3 Å². The van der Waals surface area contributed by atoms with E-state index in [2.05, 4.69) is 28.4 Å². The number of nitrogen functional groups attached to an aromatic ring is 1. The van der Waals surface area contributed by atoms with E-state index >= 15 is 0 Å². The monoisotopic (exact) mass is 208 g/mol. The molecular formula is C9H12N4S. The number of imidazole rings is 1. The summed E-state index contributed by atoms with van der Waals surface area (Å²) in [5.74, 6) is 0.574. The summed E-state index contributed by atoms with van der Waals surface area (Å²) in [4.78, 5) is 7.13. The van der Waals surface area contributed by atoms with E-state index in [-0.39, 0.29) is 0 Å². The predicted molar refractivity (Wildman–Crippen MR) is 59.7 cm³/mol. The van der Waals surface area contributed by atoms with Crippen LogP contribution in [-0.4, -0.2) is 14.5 Å². The van der Waals surface area contributed by atoms with E-state index in [1.165, 1.54) is 0 Å². The Bertz CT molecular complexity index is 523. The van der Waals surface area contributed by atoms with Crippen molar-refractivity contribution in [1.82, 2.24) is 14.5 Å². The number of hydrogen-bond donors (Lipinski definition) is 2. The van der Waals surface area contributed by atoms with Crippen LogP contribution in [0.4, 0.5) is 5.82 Å². The fourth-order valence-electron chi connectivity index (χ4n) is 1.47. The second-order valence-electron chi connectivity index (χ2n) is 3.53. The molecule has 2 rings (SSSR count). The number of aromatic nitrogens is 3. The lowest BCUT2D eigenvalue weighted by molar-refractivity contribution is 0.617. The van der Waals surface area contributed by atoms with Crippen molar-refractivity contribution in [3.8, 4) is 0 Å². The third-order valence-corrected chi connectivity index (χ3v) is 2.45.